The van der Waals surface area contributed by atoms with E-state index in [4.69, 9.17) is 10.3 Å². The number of benzene rings is 1. The van der Waals surface area contributed by atoms with Gasteiger partial charge in [0.15, 0.2) is 5.82 Å². The monoisotopic (exact) mass is 468 g/mol. The van der Waals surface area contributed by atoms with Gasteiger partial charge in [0, 0.05) is 29.6 Å². The minimum atomic E-state index is -2.61. The van der Waals surface area contributed by atoms with Gasteiger partial charge in [0.2, 0.25) is 5.89 Å². The Labute approximate surface area is 195 Å². The van der Waals surface area contributed by atoms with Gasteiger partial charge in [-0.05, 0) is 48.9 Å². The molecular weight excluding hydrogens is 442 g/mol. The number of amides is 1. The number of hydrogen-bond acceptors (Lipinski definition) is 7. The maximum absolute atomic E-state index is 13.4. The number of aryl methyl sites for hydroxylation is 2. The van der Waals surface area contributed by atoms with Gasteiger partial charge in [0.25, 0.3) is 12.3 Å². The van der Waals surface area contributed by atoms with Crippen LogP contribution in [0.5, 0.6) is 0 Å². The van der Waals surface area contributed by atoms with Gasteiger partial charge >= 0.3 is 0 Å². The number of nitrogens with two attached hydrogens (primary N) is 1. The summed E-state index contributed by atoms with van der Waals surface area (Å²) in [6, 6.07) is 9.76. The SMILES string of the molecule is CC.Cc1nc(CN(Cc2ccc(C(F)F)cn2)C(=O)c2ccc3nc(N)c(C)cc3c2)no1. The first-order valence-electron chi connectivity index (χ1n) is 10.8. The number of nitrogen functional groups attached to an aromatic ring is 1. The summed E-state index contributed by atoms with van der Waals surface area (Å²) < 4.78 is 30.7. The average Bonchev–Trinajstić information content (AvgIpc) is 3.25. The van der Waals surface area contributed by atoms with Gasteiger partial charge < -0.3 is 15.2 Å². The van der Waals surface area contributed by atoms with Crippen molar-refractivity contribution in [3.63, 3.8) is 0 Å². The quantitative estimate of drug-likeness (QED) is 0.423. The van der Waals surface area contributed by atoms with Crippen molar-refractivity contribution < 1.29 is 18.1 Å². The van der Waals surface area contributed by atoms with E-state index in [1.54, 1.807) is 25.1 Å². The topological polar surface area (TPSA) is 111 Å². The molecule has 0 aliphatic carbocycles. The van der Waals surface area contributed by atoms with Crippen LogP contribution in [0.2, 0.25) is 0 Å². The van der Waals surface area contributed by atoms with E-state index in [-0.39, 0.29) is 24.6 Å². The molecule has 8 nitrogen and oxygen atoms in total. The molecule has 34 heavy (non-hydrogen) atoms. The summed E-state index contributed by atoms with van der Waals surface area (Å²) >= 11 is 0. The molecule has 0 saturated carbocycles. The lowest BCUT2D eigenvalue weighted by Gasteiger charge is -2.21. The Morgan fingerprint density at radius 3 is 2.47 bits per heavy atom. The van der Waals surface area contributed by atoms with Gasteiger partial charge in [-0.15, -0.1) is 0 Å². The Morgan fingerprint density at radius 2 is 1.85 bits per heavy atom. The standard InChI is InChI=1S/C22H20F2N6O2.C2H6/c1-12-7-16-8-14(4-6-18(16)28-21(12)25)22(31)30(11-19-27-13(2)32-29-19)10-17-5-3-15(9-26-17)20(23)24;1-2/h3-9,20H,10-11H2,1-2H3,(H2,25,28);1-2H3. The molecule has 0 spiro atoms. The van der Waals surface area contributed by atoms with Gasteiger partial charge in [-0.2, -0.15) is 4.98 Å². The molecule has 0 atom stereocenters. The first-order valence-corrected chi connectivity index (χ1v) is 10.8. The Balaban J connectivity index is 0.00000158. The number of halogens is 2. The van der Waals surface area contributed by atoms with Crippen LogP contribution in [0.4, 0.5) is 14.6 Å². The average molecular weight is 469 g/mol. The molecular formula is C24H26F2N6O2. The maximum atomic E-state index is 13.4. The summed E-state index contributed by atoms with van der Waals surface area (Å²) in [4.78, 5) is 27.4. The molecule has 3 aromatic heterocycles. The van der Waals surface area contributed by atoms with Gasteiger partial charge in [0.05, 0.1) is 24.3 Å². The number of nitrogens with zero attached hydrogens (tertiary/aromatic N) is 5. The highest BCUT2D eigenvalue weighted by molar-refractivity contribution is 5.98. The van der Waals surface area contributed by atoms with Crippen LogP contribution in [0, 0.1) is 13.8 Å². The maximum Gasteiger partial charge on any atom is 0.265 e. The number of aromatic nitrogens is 4. The zero-order chi connectivity index (χ0) is 24.8. The van der Waals surface area contributed by atoms with Crippen molar-refractivity contribution in [1.82, 2.24) is 25.0 Å². The number of carbonyl (C=O) groups is 1. The summed E-state index contributed by atoms with van der Waals surface area (Å²) in [6.45, 7) is 7.63. The van der Waals surface area contributed by atoms with Crippen LogP contribution < -0.4 is 5.73 Å². The molecule has 4 aromatic rings. The van der Waals surface area contributed by atoms with E-state index in [9.17, 15) is 13.6 Å². The number of hydrogen-bond donors (Lipinski definition) is 1. The summed E-state index contributed by atoms with van der Waals surface area (Å²) in [7, 11) is 0. The van der Waals surface area contributed by atoms with Gasteiger partial charge in [-0.1, -0.05) is 19.0 Å². The molecule has 0 fully saturated rings. The highest BCUT2D eigenvalue weighted by Gasteiger charge is 2.21. The molecule has 4 rings (SSSR count). The molecule has 1 aromatic carbocycles. The first-order chi connectivity index (χ1) is 16.3. The summed E-state index contributed by atoms with van der Waals surface area (Å²) in [6.07, 6.45) is -1.50. The highest BCUT2D eigenvalue weighted by atomic mass is 19.3. The van der Waals surface area contributed by atoms with Gasteiger partial charge in [-0.25, -0.2) is 13.8 Å². The summed E-state index contributed by atoms with van der Waals surface area (Å²) in [5, 5.41) is 4.63. The third kappa shape index (κ3) is 5.69. The van der Waals surface area contributed by atoms with Crippen molar-refractivity contribution >= 4 is 22.6 Å². The van der Waals surface area contributed by atoms with Crippen molar-refractivity contribution in [2.75, 3.05) is 5.73 Å². The molecule has 0 unspecified atom stereocenters. The lowest BCUT2D eigenvalue weighted by molar-refractivity contribution is 0.0722. The second-order valence-electron chi connectivity index (χ2n) is 7.37. The van der Waals surface area contributed by atoms with Crippen LogP contribution in [0.15, 0.2) is 47.1 Å². The normalized spacial score (nSPS) is 10.8. The zero-order valence-corrected chi connectivity index (χ0v) is 19.4. The molecule has 0 aliphatic rings. The van der Waals surface area contributed by atoms with E-state index in [0.717, 1.165) is 17.1 Å². The molecule has 10 heteroatoms. The van der Waals surface area contributed by atoms with Crippen molar-refractivity contribution in [2.45, 2.75) is 47.2 Å². The molecule has 0 bridgehead atoms. The number of fused-ring (bicyclic) bond motifs is 1. The van der Waals surface area contributed by atoms with E-state index in [0.29, 0.717) is 34.3 Å². The molecule has 178 valence electrons. The van der Waals surface area contributed by atoms with Crippen molar-refractivity contribution in [2.24, 2.45) is 0 Å². The number of pyridine rings is 2. The third-order valence-electron chi connectivity index (χ3n) is 4.93. The van der Waals surface area contributed by atoms with Crippen molar-refractivity contribution in [1.29, 1.82) is 0 Å². The second kappa shape index (κ2) is 10.8. The van der Waals surface area contributed by atoms with Crippen LogP contribution in [-0.2, 0) is 13.1 Å². The fourth-order valence-electron chi connectivity index (χ4n) is 3.24. The molecule has 1 amide bonds. The van der Waals surface area contributed by atoms with E-state index in [1.807, 2.05) is 26.8 Å². The Kier molecular flexibility index (Phi) is 7.83. The number of carbonyl (C=O) groups excluding carboxylic acids is 1. The van der Waals surface area contributed by atoms with Gasteiger partial charge in [-0.3, -0.25) is 9.78 Å². The minimum absolute atomic E-state index is 0.0610. The van der Waals surface area contributed by atoms with Crippen LogP contribution in [0.3, 0.4) is 0 Å². The van der Waals surface area contributed by atoms with Crippen LogP contribution >= 0.6 is 0 Å². The summed E-state index contributed by atoms with van der Waals surface area (Å²) in [5.41, 5.74) is 8.05. The minimum Gasteiger partial charge on any atom is -0.383 e. The number of anilines is 1. The molecule has 2 N–H and O–H groups in total. The second-order valence-corrected chi connectivity index (χ2v) is 7.37. The van der Waals surface area contributed by atoms with Crippen LogP contribution in [0.1, 0.15) is 59.2 Å². The van der Waals surface area contributed by atoms with Crippen molar-refractivity contribution in [3.8, 4) is 0 Å². The Hall–Kier alpha value is -3.95. The fraction of sp³-hybridized carbons (Fsp3) is 0.292. The number of rotatable bonds is 6. The van der Waals surface area contributed by atoms with E-state index < -0.39 is 6.43 Å². The fourth-order valence-corrected chi connectivity index (χ4v) is 3.24. The molecule has 3 heterocycles. The molecule has 0 aliphatic heterocycles. The van der Waals surface area contributed by atoms with Crippen LogP contribution in [-0.4, -0.2) is 30.9 Å². The van der Waals surface area contributed by atoms with E-state index in [1.165, 1.54) is 17.0 Å². The van der Waals surface area contributed by atoms with Crippen LogP contribution in [0.25, 0.3) is 10.9 Å². The highest BCUT2D eigenvalue weighted by Crippen LogP contribution is 2.22. The van der Waals surface area contributed by atoms with Crippen molar-refractivity contribution in [3.05, 3.63) is 76.7 Å². The molecule has 0 radical (unpaired) electrons. The predicted octanol–water partition coefficient (Wildman–Crippen LogP) is 5.02. The zero-order valence-electron chi connectivity index (χ0n) is 19.4. The first kappa shape index (κ1) is 24.7. The predicted molar refractivity (Wildman–Crippen MR) is 124 cm³/mol. The third-order valence-corrected chi connectivity index (χ3v) is 4.93. The lowest BCUT2D eigenvalue weighted by atomic mass is 10.1. The Bertz CT molecular complexity index is 1270. The smallest absolute Gasteiger partial charge is 0.265 e. The Morgan fingerprint density at radius 1 is 1.09 bits per heavy atom. The van der Waals surface area contributed by atoms with E-state index in [2.05, 4.69) is 20.1 Å². The summed E-state index contributed by atoms with van der Waals surface area (Å²) in [5.74, 6) is 0.829. The largest absolute Gasteiger partial charge is 0.383 e. The van der Waals surface area contributed by atoms with Gasteiger partial charge in [0.1, 0.15) is 5.82 Å². The molecule has 0 saturated heterocycles. The lowest BCUT2D eigenvalue weighted by Crippen LogP contribution is -2.31. The van der Waals surface area contributed by atoms with E-state index >= 15 is 0 Å². The number of alkyl halides is 2.